The van der Waals surface area contributed by atoms with Crippen LogP contribution in [-0.4, -0.2) is 39.5 Å². The molecule has 30 heavy (non-hydrogen) atoms. The molecule has 156 valence electrons. The van der Waals surface area contributed by atoms with E-state index in [4.69, 9.17) is 11.6 Å². The molecule has 1 aliphatic heterocycles. The summed E-state index contributed by atoms with van der Waals surface area (Å²) in [6.45, 7) is 0. The van der Waals surface area contributed by atoms with Crippen LogP contribution in [-0.2, 0) is 19.9 Å². The van der Waals surface area contributed by atoms with E-state index in [0.717, 1.165) is 16.7 Å². The van der Waals surface area contributed by atoms with Crippen molar-refractivity contribution in [3.8, 4) is 0 Å². The average molecular weight is 484 g/mol. The highest BCUT2D eigenvalue weighted by atomic mass is 35.5. The van der Waals surface area contributed by atoms with Gasteiger partial charge in [-0.25, -0.2) is 21.8 Å². The zero-order chi connectivity index (χ0) is 21.5. The number of halogens is 1. The summed E-state index contributed by atoms with van der Waals surface area (Å²) in [4.78, 5) is 16.7. The van der Waals surface area contributed by atoms with Crippen LogP contribution >= 0.6 is 22.9 Å². The number of benzene rings is 2. The number of anilines is 1. The Morgan fingerprint density at radius 1 is 1.17 bits per heavy atom. The summed E-state index contributed by atoms with van der Waals surface area (Å²) >= 11 is 6.87. The second-order valence-corrected chi connectivity index (χ2v) is 11.6. The number of hydrogen-bond acceptors (Lipinski definition) is 7. The van der Waals surface area contributed by atoms with E-state index in [-0.39, 0.29) is 15.8 Å². The van der Waals surface area contributed by atoms with Crippen LogP contribution in [0.1, 0.15) is 10.4 Å². The smallest absolute Gasteiger partial charge is 0.263 e. The third-order valence-electron chi connectivity index (χ3n) is 4.24. The number of sulfonamides is 1. The van der Waals surface area contributed by atoms with Gasteiger partial charge in [-0.15, -0.1) is 0 Å². The molecule has 3 aromatic rings. The maximum atomic E-state index is 12.5. The highest BCUT2D eigenvalue weighted by Crippen LogP contribution is 2.29. The molecule has 0 radical (unpaired) electrons. The Morgan fingerprint density at radius 3 is 2.57 bits per heavy atom. The van der Waals surface area contributed by atoms with E-state index in [1.54, 1.807) is 18.2 Å². The van der Waals surface area contributed by atoms with Crippen molar-refractivity contribution in [3.05, 3.63) is 64.5 Å². The van der Waals surface area contributed by atoms with E-state index < -0.39 is 31.8 Å². The lowest BCUT2D eigenvalue weighted by atomic mass is 10.2. The minimum atomic E-state index is -3.84. The lowest BCUT2D eigenvalue weighted by Gasteiger charge is -2.09. The van der Waals surface area contributed by atoms with Gasteiger partial charge in [-0.05, 0) is 48.5 Å². The second kappa shape index (κ2) is 7.65. The molecule has 0 saturated carbocycles. The molecule has 1 amide bonds. The highest BCUT2D eigenvalue weighted by Gasteiger charge is 2.24. The summed E-state index contributed by atoms with van der Waals surface area (Å²) < 4.78 is 51.0. The summed E-state index contributed by atoms with van der Waals surface area (Å²) in [7, 11) is -7.11. The first-order valence-electron chi connectivity index (χ1n) is 8.52. The number of hydrogen-bond donors (Lipinski definition) is 2. The predicted molar refractivity (Wildman–Crippen MR) is 116 cm³/mol. The summed E-state index contributed by atoms with van der Waals surface area (Å²) in [5.74, 6) is -0.599. The first-order chi connectivity index (χ1) is 14.1. The van der Waals surface area contributed by atoms with Gasteiger partial charge >= 0.3 is 0 Å². The van der Waals surface area contributed by atoms with Crippen molar-refractivity contribution in [1.29, 1.82) is 0 Å². The van der Waals surface area contributed by atoms with Gasteiger partial charge in [-0.2, -0.15) is 0 Å². The van der Waals surface area contributed by atoms with Crippen LogP contribution in [0.3, 0.4) is 0 Å². The van der Waals surface area contributed by atoms with Crippen LogP contribution in [0, 0.1) is 0 Å². The number of nitrogens with one attached hydrogen (secondary N) is 2. The fourth-order valence-corrected chi connectivity index (χ4v) is 6.32. The van der Waals surface area contributed by atoms with E-state index in [9.17, 15) is 21.6 Å². The maximum absolute atomic E-state index is 12.5. The van der Waals surface area contributed by atoms with Crippen LogP contribution < -0.4 is 10.0 Å². The normalized spacial score (nSPS) is 17.8. The number of sulfone groups is 1. The van der Waals surface area contributed by atoms with Gasteiger partial charge in [0.05, 0.1) is 26.9 Å². The van der Waals surface area contributed by atoms with Crippen LogP contribution in [0.2, 0.25) is 5.02 Å². The number of carbonyl (C=O) groups is 1. The van der Waals surface area contributed by atoms with Gasteiger partial charge in [0.1, 0.15) is 0 Å². The zero-order valence-corrected chi connectivity index (χ0v) is 18.3. The van der Waals surface area contributed by atoms with Gasteiger partial charge in [0, 0.05) is 16.0 Å². The maximum Gasteiger partial charge on any atom is 0.263 e. The average Bonchev–Trinajstić information content (AvgIpc) is 3.22. The monoisotopic (exact) mass is 483 g/mol. The Kier molecular flexibility index (Phi) is 5.30. The Hall–Kier alpha value is -2.47. The molecule has 4 rings (SSSR count). The van der Waals surface area contributed by atoms with Crippen molar-refractivity contribution in [1.82, 2.24) is 10.3 Å². The molecule has 2 N–H and O–H groups in total. The molecule has 0 aliphatic carbocycles. The van der Waals surface area contributed by atoms with E-state index >= 15 is 0 Å². The molecule has 1 atom stereocenters. The SMILES string of the molecule is O=C(N[C@@H]1C=CS(=O)(=O)C1)c1ccc2nc(NS(=O)(=O)c3ccc(Cl)cc3)sc2c1. The van der Waals surface area contributed by atoms with Crippen molar-refractivity contribution >= 4 is 64.1 Å². The number of amides is 1. The topological polar surface area (TPSA) is 122 Å². The third-order valence-corrected chi connectivity index (χ3v) is 8.31. The fourth-order valence-electron chi connectivity index (χ4n) is 2.81. The highest BCUT2D eigenvalue weighted by molar-refractivity contribution is 7.94. The molecular weight excluding hydrogens is 470 g/mol. The fraction of sp³-hybridized carbons (Fsp3) is 0.111. The first kappa shape index (κ1) is 20.8. The molecule has 2 heterocycles. The molecule has 0 bridgehead atoms. The van der Waals surface area contributed by atoms with Crippen LogP contribution in [0.5, 0.6) is 0 Å². The minimum Gasteiger partial charge on any atom is -0.345 e. The Labute approximate surface area is 181 Å². The molecular formula is C18H14ClN3O5S3. The van der Waals surface area contributed by atoms with Crippen LogP contribution in [0.25, 0.3) is 10.2 Å². The van der Waals surface area contributed by atoms with Crippen LogP contribution in [0.15, 0.2) is 58.8 Å². The van der Waals surface area contributed by atoms with Crippen molar-refractivity contribution in [2.75, 3.05) is 10.5 Å². The molecule has 2 aromatic carbocycles. The number of carbonyl (C=O) groups excluding carboxylic acids is 1. The van der Waals surface area contributed by atoms with E-state index in [1.165, 1.54) is 30.3 Å². The van der Waals surface area contributed by atoms with Gasteiger partial charge < -0.3 is 5.32 Å². The Bertz CT molecular complexity index is 1380. The Morgan fingerprint density at radius 2 is 1.90 bits per heavy atom. The molecule has 0 saturated heterocycles. The first-order valence-corrected chi connectivity index (χ1v) is 12.9. The van der Waals surface area contributed by atoms with Gasteiger partial charge in [0.25, 0.3) is 15.9 Å². The van der Waals surface area contributed by atoms with Crippen molar-refractivity contribution in [2.45, 2.75) is 10.9 Å². The van der Waals surface area contributed by atoms with Crippen LogP contribution in [0.4, 0.5) is 5.13 Å². The van der Waals surface area contributed by atoms with Crippen molar-refractivity contribution < 1.29 is 21.6 Å². The summed E-state index contributed by atoms with van der Waals surface area (Å²) in [6, 6.07) is 9.87. The second-order valence-electron chi connectivity index (χ2n) is 6.50. The predicted octanol–water partition coefficient (Wildman–Crippen LogP) is 2.79. The molecule has 8 nitrogen and oxygen atoms in total. The van der Waals surface area contributed by atoms with Gasteiger partial charge in [-0.3, -0.25) is 9.52 Å². The largest absolute Gasteiger partial charge is 0.345 e. The lowest BCUT2D eigenvalue weighted by molar-refractivity contribution is 0.0948. The van der Waals surface area contributed by atoms with E-state index in [2.05, 4.69) is 15.0 Å². The quantitative estimate of drug-likeness (QED) is 0.575. The molecule has 0 unspecified atom stereocenters. The number of fused-ring (bicyclic) bond motifs is 1. The standard InChI is InChI=1S/C18H14ClN3O5S3/c19-12-2-4-14(5-3-12)30(26,27)22-18-21-15-6-1-11(9-16(15)28-18)17(23)20-13-7-8-29(24,25)10-13/h1-9,13H,10H2,(H,20,23)(H,21,22)/t13-/m1/s1. The number of thiazole rings is 1. The van der Waals surface area contributed by atoms with Gasteiger partial charge in [0.2, 0.25) is 0 Å². The summed E-state index contributed by atoms with van der Waals surface area (Å²) in [5.41, 5.74) is 0.838. The third kappa shape index (κ3) is 4.48. The molecule has 0 fully saturated rings. The molecule has 0 spiro atoms. The number of rotatable bonds is 5. The number of aromatic nitrogens is 1. The van der Waals surface area contributed by atoms with E-state index in [1.807, 2.05) is 0 Å². The van der Waals surface area contributed by atoms with Gasteiger partial charge in [0.15, 0.2) is 15.0 Å². The summed E-state index contributed by atoms with van der Waals surface area (Å²) in [5, 5.41) is 4.31. The summed E-state index contributed by atoms with van der Waals surface area (Å²) in [6.07, 6.45) is 1.43. The zero-order valence-electron chi connectivity index (χ0n) is 15.1. The lowest BCUT2D eigenvalue weighted by Crippen LogP contribution is -2.35. The minimum absolute atomic E-state index is 0.0470. The number of nitrogens with zero attached hydrogens (tertiary/aromatic N) is 1. The molecule has 1 aliphatic rings. The van der Waals surface area contributed by atoms with Crippen molar-refractivity contribution in [3.63, 3.8) is 0 Å². The molecule has 1 aromatic heterocycles. The van der Waals surface area contributed by atoms with Crippen molar-refractivity contribution in [2.24, 2.45) is 0 Å². The Balaban J connectivity index is 1.53. The molecule has 12 heteroatoms. The van der Waals surface area contributed by atoms with Gasteiger partial charge in [-0.1, -0.05) is 22.9 Å². The van der Waals surface area contributed by atoms with E-state index in [0.29, 0.717) is 20.8 Å².